The van der Waals surface area contributed by atoms with E-state index in [1.807, 2.05) is 17.0 Å². The van der Waals surface area contributed by atoms with Crippen LogP contribution in [0.1, 0.15) is 24.0 Å². The van der Waals surface area contributed by atoms with Gasteiger partial charge in [0.05, 0.1) is 6.61 Å². The largest absolute Gasteiger partial charge is 0.411 e. The molecule has 1 N–H and O–H groups in total. The number of hydrogen-bond donors (Lipinski definition) is 1. The Hall–Kier alpha value is -1.60. The predicted molar refractivity (Wildman–Crippen MR) is 125 cm³/mol. The first-order valence-corrected chi connectivity index (χ1v) is 10.4. The topological polar surface area (TPSA) is 66.4 Å². The quantitative estimate of drug-likeness (QED) is 0.324. The van der Waals surface area contributed by atoms with Crippen molar-refractivity contribution in [2.75, 3.05) is 46.4 Å². The van der Waals surface area contributed by atoms with E-state index in [4.69, 9.17) is 4.74 Å². The first-order chi connectivity index (χ1) is 14.9. The maximum Gasteiger partial charge on any atom is 0.411 e. The first-order valence-electron chi connectivity index (χ1n) is 10.4. The number of alkyl halides is 3. The maximum atomic E-state index is 12.5. The fourth-order valence-corrected chi connectivity index (χ4v) is 3.67. The lowest BCUT2D eigenvalue weighted by Gasteiger charge is -2.37. The second-order valence-corrected chi connectivity index (χ2v) is 7.64. The zero-order valence-electron chi connectivity index (χ0n) is 18.1. The SMILES string of the molecule is CN=C(NCc1ccc(COCC(F)(F)F)cc1)N1CCN(C(=O)C2CCCO2)CC1.I. The molecule has 0 aromatic heterocycles. The van der Waals surface area contributed by atoms with Gasteiger partial charge in [0.25, 0.3) is 5.91 Å². The molecule has 1 amide bonds. The van der Waals surface area contributed by atoms with Gasteiger partial charge in [0.15, 0.2) is 5.96 Å². The second-order valence-electron chi connectivity index (χ2n) is 7.64. The highest BCUT2D eigenvalue weighted by Gasteiger charge is 2.31. The van der Waals surface area contributed by atoms with E-state index >= 15 is 0 Å². The zero-order valence-corrected chi connectivity index (χ0v) is 20.4. The van der Waals surface area contributed by atoms with Gasteiger partial charge in [-0.15, -0.1) is 24.0 Å². The number of rotatable bonds is 6. The van der Waals surface area contributed by atoms with Crippen LogP contribution in [0.15, 0.2) is 29.3 Å². The van der Waals surface area contributed by atoms with Crippen molar-refractivity contribution in [1.29, 1.82) is 0 Å². The average Bonchev–Trinajstić information content (AvgIpc) is 3.29. The van der Waals surface area contributed by atoms with Crippen LogP contribution in [0.5, 0.6) is 0 Å². The van der Waals surface area contributed by atoms with Gasteiger partial charge in [0.1, 0.15) is 12.7 Å². The highest BCUT2D eigenvalue weighted by atomic mass is 127. The molecule has 32 heavy (non-hydrogen) atoms. The number of aliphatic imine (C=N–C) groups is 1. The highest BCUT2D eigenvalue weighted by Crippen LogP contribution is 2.17. The molecule has 2 fully saturated rings. The molecule has 3 rings (SSSR count). The van der Waals surface area contributed by atoms with Crippen LogP contribution in [-0.4, -0.2) is 80.4 Å². The van der Waals surface area contributed by atoms with Crippen LogP contribution < -0.4 is 5.32 Å². The molecule has 180 valence electrons. The van der Waals surface area contributed by atoms with E-state index in [0.717, 1.165) is 24.4 Å². The van der Waals surface area contributed by atoms with E-state index < -0.39 is 12.8 Å². The van der Waals surface area contributed by atoms with Crippen molar-refractivity contribution in [2.24, 2.45) is 4.99 Å². The van der Waals surface area contributed by atoms with E-state index in [2.05, 4.69) is 19.9 Å². The van der Waals surface area contributed by atoms with Crippen LogP contribution in [0.25, 0.3) is 0 Å². The minimum Gasteiger partial charge on any atom is -0.368 e. The normalized spacial score (nSPS) is 19.6. The van der Waals surface area contributed by atoms with Gasteiger partial charge in [-0.3, -0.25) is 9.79 Å². The molecule has 2 aliphatic heterocycles. The Kier molecular flexibility index (Phi) is 10.5. The van der Waals surface area contributed by atoms with Crippen molar-refractivity contribution >= 4 is 35.8 Å². The van der Waals surface area contributed by atoms with Crippen LogP contribution in [0.2, 0.25) is 0 Å². The monoisotopic (exact) mass is 570 g/mol. The molecular formula is C21H30F3IN4O3. The van der Waals surface area contributed by atoms with Gasteiger partial charge in [-0.1, -0.05) is 24.3 Å². The van der Waals surface area contributed by atoms with Crippen LogP contribution in [0.3, 0.4) is 0 Å². The summed E-state index contributed by atoms with van der Waals surface area (Å²) in [5, 5.41) is 3.30. The molecule has 2 aliphatic rings. The number of carbonyl (C=O) groups is 1. The molecule has 1 unspecified atom stereocenters. The third-order valence-corrected chi connectivity index (χ3v) is 5.32. The highest BCUT2D eigenvalue weighted by molar-refractivity contribution is 14.0. The molecule has 2 heterocycles. The Bertz CT molecular complexity index is 748. The van der Waals surface area contributed by atoms with Gasteiger partial charge < -0.3 is 24.6 Å². The summed E-state index contributed by atoms with van der Waals surface area (Å²) < 4.78 is 46.6. The maximum absolute atomic E-state index is 12.5. The summed E-state index contributed by atoms with van der Waals surface area (Å²) in [4.78, 5) is 20.8. The molecular weight excluding hydrogens is 540 g/mol. The third-order valence-electron chi connectivity index (χ3n) is 5.32. The van der Waals surface area contributed by atoms with Crippen LogP contribution in [-0.2, 0) is 27.4 Å². The fraction of sp³-hybridized carbons (Fsp3) is 0.619. The van der Waals surface area contributed by atoms with Gasteiger partial charge in [0, 0.05) is 46.4 Å². The predicted octanol–water partition coefficient (Wildman–Crippen LogP) is 2.78. The second kappa shape index (κ2) is 12.6. The summed E-state index contributed by atoms with van der Waals surface area (Å²) in [6.45, 7) is 2.50. The lowest BCUT2D eigenvalue weighted by molar-refractivity contribution is -0.176. The van der Waals surface area contributed by atoms with Gasteiger partial charge in [-0.2, -0.15) is 13.2 Å². The third kappa shape index (κ3) is 8.07. The molecule has 2 saturated heterocycles. The molecule has 1 aromatic rings. The Morgan fingerprint density at radius 3 is 2.34 bits per heavy atom. The Morgan fingerprint density at radius 2 is 1.78 bits per heavy atom. The Balaban J connectivity index is 0.00000363. The summed E-state index contributed by atoms with van der Waals surface area (Å²) in [5.74, 6) is 0.834. The average molecular weight is 570 g/mol. The van der Waals surface area contributed by atoms with Gasteiger partial charge in [-0.05, 0) is 24.0 Å². The van der Waals surface area contributed by atoms with Crippen molar-refractivity contribution in [2.45, 2.75) is 38.3 Å². The molecule has 11 heteroatoms. The van der Waals surface area contributed by atoms with E-state index in [-0.39, 0.29) is 42.6 Å². The van der Waals surface area contributed by atoms with Crippen molar-refractivity contribution in [1.82, 2.24) is 15.1 Å². The minimum absolute atomic E-state index is 0. The number of piperazine rings is 1. The number of ether oxygens (including phenoxy) is 2. The summed E-state index contributed by atoms with van der Waals surface area (Å²) in [5.41, 5.74) is 1.66. The molecule has 7 nitrogen and oxygen atoms in total. The van der Waals surface area contributed by atoms with Gasteiger partial charge in [0.2, 0.25) is 0 Å². The number of carbonyl (C=O) groups excluding carboxylic acids is 1. The van der Waals surface area contributed by atoms with Crippen molar-refractivity contribution in [3.63, 3.8) is 0 Å². The number of amides is 1. The van der Waals surface area contributed by atoms with E-state index in [0.29, 0.717) is 44.9 Å². The number of benzene rings is 1. The van der Waals surface area contributed by atoms with E-state index in [9.17, 15) is 18.0 Å². The fourth-order valence-electron chi connectivity index (χ4n) is 3.67. The standard InChI is InChI=1S/C21H29F3N4O3.HI/c1-25-20(28-10-8-27(9-11-28)19(29)18-3-2-12-31-18)26-13-16-4-6-17(7-5-16)14-30-15-21(22,23)24;/h4-7,18H,2-3,8-15H2,1H3,(H,25,26);1H. The van der Waals surface area contributed by atoms with E-state index in [1.54, 1.807) is 19.2 Å². The summed E-state index contributed by atoms with van der Waals surface area (Å²) in [6.07, 6.45) is -2.86. The Labute approximate surface area is 203 Å². The van der Waals surface area contributed by atoms with Crippen molar-refractivity contribution < 1.29 is 27.4 Å². The summed E-state index contributed by atoms with van der Waals surface area (Å²) in [7, 11) is 1.72. The van der Waals surface area contributed by atoms with Crippen LogP contribution in [0, 0.1) is 0 Å². The lowest BCUT2D eigenvalue weighted by Crippen LogP contribution is -2.55. The molecule has 1 aromatic carbocycles. The summed E-state index contributed by atoms with van der Waals surface area (Å²) >= 11 is 0. The number of halogens is 4. The van der Waals surface area contributed by atoms with E-state index in [1.165, 1.54) is 0 Å². The number of hydrogen-bond acceptors (Lipinski definition) is 4. The van der Waals surface area contributed by atoms with Crippen LogP contribution >= 0.6 is 24.0 Å². The number of nitrogens with one attached hydrogen (secondary N) is 1. The van der Waals surface area contributed by atoms with Crippen molar-refractivity contribution in [3.05, 3.63) is 35.4 Å². The molecule has 0 spiro atoms. The Morgan fingerprint density at radius 1 is 1.16 bits per heavy atom. The molecule has 0 bridgehead atoms. The lowest BCUT2D eigenvalue weighted by atomic mass is 10.1. The van der Waals surface area contributed by atoms with Crippen LogP contribution in [0.4, 0.5) is 13.2 Å². The summed E-state index contributed by atoms with van der Waals surface area (Å²) in [6, 6.07) is 7.22. The number of guanidine groups is 1. The smallest absolute Gasteiger partial charge is 0.368 e. The zero-order chi connectivity index (χ0) is 22.3. The van der Waals surface area contributed by atoms with Gasteiger partial charge in [-0.25, -0.2) is 0 Å². The molecule has 1 atom stereocenters. The molecule has 0 saturated carbocycles. The van der Waals surface area contributed by atoms with Gasteiger partial charge >= 0.3 is 6.18 Å². The first kappa shape index (κ1) is 26.7. The number of nitrogens with zero attached hydrogens (tertiary/aromatic N) is 3. The molecule has 0 radical (unpaired) electrons. The van der Waals surface area contributed by atoms with Crippen molar-refractivity contribution in [3.8, 4) is 0 Å². The minimum atomic E-state index is -4.32. The molecule has 0 aliphatic carbocycles.